The van der Waals surface area contributed by atoms with Gasteiger partial charge in [-0.25, -0.2) is 19.5 Å². The van der Waals surface area contributed by atoms with Crippen LogP contribution >= 0.6 is 0 Å². The fourth-order valence-electron chi connectivity index (χ4n) is 4.03. The number of carbonyl (C=O) groups is 1. The van der Waals surface area contributed by atoms with Gasteiger partial charge in [0.2, 0.25) is 0 Å². The van der Waals surface area contributed by atoms with Crippen LogP contribution in [0, 0.1) is 11.3 Å². The number of carbonyl (C=O) groups excluding carboxylic acids is 1. The molecule has 0 radical (unpaired) electrons. The van der Waals surface area contributed by atoms with Crippen molar-refractivity contribution in [3.63, 3.8) is 0 Å². The van der Waals surface area contributed by atoms with Crippen LogP contribution in [0.2, 0.25) is 0 Å². The minimum Gasteiger partial charge on any atom is -0.382 e. The topological polar surface area (TPSA) is 86.7 Å². The Hall–Kier alpha value is -3.28. The first-order chi connectivity index (χ1) is 15.1. The molecule has 0 fully saturated rings. The second kappa shape index (κ2) is 9.47. The summed E-state index contributed by atoms with van der Waals surface area (Å²) in [4.78, 5) is 24.8. The number of nitrogens with zero attached hydrogens (tertiary/aromatic N) is 4. The quantitative estimate of drug-likeness (QED) is 0.476. The van der Waals surface area contributed by atoms with Crippen LogP contribution in [0.25, 0.3) is 11.2 Å². The summed E-state index contributed by atoms with van der Waals surface area (Å²) in [5.41, 5.74) is 11.8. The largest absolute Gasteiger partial charge is 0.382 e. The lowest BCUT2D eigenvalue weighted by Gasteiger charge is -2.36. The van der Waals surface area contributed by atoms with E-state index in [9.17, 15) is 4.79 Å². The van der Waals surface area contributed by atoms with Crippen LogP contribution < -0.4 is 5.73 Å². The van der Waals surface area contributed by atoms with Gasteiger partial charge in [-0.2, -0.15) is 0 Å². The molecule has 32 heavy (non-hydrogen) atoms. The summed E-state index contributed by atoms with van der Waals surface area (Å²) in [5, 5.41) is 0. The molecule has 1 aliphatic rings. The van der Waals surface area contributed by atoms with E-state index < -0.39 is 0 Å². The zero-order valence-electron chi connectivity index (χ0n) is 19.9. The second-order valence-electron chi connectivity index (χ2n) is 9.30. The first kappa shape index (κ1) is 23.4. The molecule has 1 atom stereocenters. The van der Waals surface area contributed by atoms with Gasteiger partial charge < -0.3 is 5.73 Å². The maximum Gasteiger partial charge on any atom is 0.257 e. The highest BCUT2D eigenvalue weighted by atomic mass is 16.2. The van der Waals surface area contributed by atoms with Crippen molar-refractivity contribution in [3.8, 4) is 0 Å². The van der Waals surface area contributed by atoms with E-state index >= 15 is 0 Å². The third kappa shape index (κ3) is 5.13. The molecule has 1 unspecified atom stereocenters. The molecule has 1 aliphatic carbocycles. The lowest BCUT2D eigenvalue weighted by atomic mass is 9.69. The number of allylic oxidation sites excluding steroid dienone is 10. The molecule has 2 aromatic rings. The standard InChI is InChI=1S/C26H33N5O/c1-17(10-11-21-20(4)19(3)12-13-26(21,5)6)8-7-9-18(2)14-22(32)31-16-30-23-24(27)28-15-29-25(23)31/h7-11,14-16,19H,12-13H2,1-6H3,(H2,27,28,29)/b9-7+,11-10+,17-8+,18-14+. The van der Waals surface area contributed by atoms with Crippen molar-refractivity contribution >= 4 is 22.9 Å². The highest BCUT2D eigenvalue weighted by Gasteiger charge is 2.29. The summed E-state index contributed by atoms with van der Waals surface area (Å²) in [6.45, 7) is 13.2. The van der Waals surface area contributed by atoms with Crippen LogP contribution in [0.1, 0.15) is 59.2 Å². The normalized spacial score (nSPS) is 20.1. The number of imidazole rings is 1. The molecule has 0 aromatic carbocycles. The average molecular weight is 432 g/mol. The van der Waals surface area contributed by atoms with E-state index in [0.29, 0.717) is 17.1 Å². The van der Waals surface area contributed by atoms with E-state index in [1.165, 1.54) is 41.2 Å². The number of hydrogen-bond acceptors (Lipinski definition) is 5. The molecule has 0 saturated carbocycles. The van der Waals surface area contributed by atoms with E-state index in [2.05, 4.69) is 61.7 Å². The van der Waals surface area contributed by atoms with Crippen LogP contribution in [0.5, 0.6) is 0 Å². The van der Waals surface area contributed by atoms with E-state index in [0.717, 1.165) is 11.1 Å². The van der Waals surface area contributed by atoms with Gasteiger partial charge in [0, 0.05) is 6.08 Å². The van der Waals surface area contributed by atoms with Crippen molar-refractivity contribution in [1.82, 2.24) is 19.5 Å². The third-order valence-electron chi connectivity index (χ3n) is 6.28. The minimum atomic E-state index is -0.232. The lowest BCUT2D eigenvalue weighted by Crippen LogP contribution is -2.23. The molecular weight excluding hydrogens is 398 g/mol. The van der Waals surface area contributed by atoms with Crippen LogP contribution in [0.4, 0.5) is 5.82 Å². The molecule has 6 nitrogen and oxygen atoms in total. The van der Waals surface area contributed by atoms with Gasteiger partial charge in [0.05, 0.1) is 0 Å². The first-order valence-electron chi connectivity index (χ1n) is 11.0. The predicted molar refractivity (Wildman–Crippen MR) is 131 cm³/mol. The maximum absolute atomic E-state index is 12.6. The van der Waals surface area contributed by atoms with Crippen LogP contribution in [0.3, 0.4) is 0 Å². The average Bonchev–Trinajstić information content (AvgIpc) is 3.16. The van der Waals surface area contributed by atoms with Crippen LogP contribution in [0.15, 0.2) is 71.4 Å². The van der Waals surface area contributed by atoms with Crippen molar-refractivity contribution < 1.29 is 4.79 Å². The molecule has 3 rings (SSSR count). The molecule has 6 heteroatoms. The fraction of sp³-hybridized carbons (Fsp3) is 0.385. The molecule has 0 saturated heterocycles. The molecule has 2 heterocycles. The number of fused-ring (bicyclic) bond motifs is 1. The Morgan fingerprint density at radius 2 is 1.94 bits per heavy atom. The van der Waals surface area contributed by atoms with Crippen molar-refractivity contribution in [2.75, 3.05) is 5.73 Å². The Kier molecular flexibility index (Phi) is 6.92. The summed E-state index contributed by atoms with van der Waals surface area (Å²) >= 11 is 0. The Balaban J connectivity index is 1.70. The van der Waals surface area contributed by atoms with Crippen molar-refractivity contribution in [1.29, 1.82) is 0 Å². The van der Waals surface area contributed by atoms with Crippen molar-refractivity contribution in [2.45, 2.75) is 54.4 Å². The fourth-order valence-corrected chi connectivity index (χ4v) is 4.03. The van der Waals surface area contributed by atoms with Crippen molar-refractivity contribution in [2.24, 2.45) is 11.3 Å². The molecule has 2 N–H and O–H groups in total. The summed E-state index contributed by atoms with van der Waals surface area (Å²) in [6, 6.07) is 0. The Bertz CT molecular complexity index is 1170. The minimum absolute atomic E-state index is 0.218. The predicted octanol–water partition coefficient (Wildman–Crippen LogP) is 5.83. The Morgan fingerprint density at radius 3 is 2.69 bits per heavy atom. The van der Waals surface area contributed by atoms with E-state index in [1.807, 2.05) is 25.2 Å². The maximum atomic E-state index is 12.6. The van der Waals surface area contributed by atoms with E-state index in [-0.39, 0.29) is 17.1 Å². The molecule has 0 aliphatic heterocycles. The zero-order valence-corrected chi connectivity index (χ0v) is 19.9. The molecule has 0 bridgehead atoms. The second-order valence-corrected chi connectivity index (χ2v) is 9.30. The van der Waals surface area contributed by atoms with Gasteiger partial charge in [-0.3, -0.25) is 4.79 Å². The molecule has 0 amide bonds. The highest BCUT2D eigenvalue weighted by Crippen LogP contribution is 2.43. The Morgan fingerprint density at radius 1 is 1.19 bits per heavy atom. The summed E-state index contributed by atoms with van der Waals surface area (Å²) in [5.74, 6) is 0.671. The first-order valence-corrected chi connectivity index (χ1v) is 11.0. The zero-order chi connectivity index (χ0) is 23.5. The summed E-state index contributed by atoms with van der Waals surface area (Å²) < 4.78 is 1.37. The van der Waals surface area contributed by atoms with E-state index in [1.54, 1.807) is 6.08 Å². The highest BCUT2D eigenvalue weighted by molar-refractivity contribution is 5.97. The number of anilines is 1. The number of nitrogen functional groups attached to an aromatic ring is 1. The molecular formula is C26H33N5O. The SMILES string of the molecule is CC1=C(/C=C/C(C)=C/C=C/C(C)=C/C(=O)n2cnc3c(N)ncnc32)C(C)(C)CCC1C. The van der Waals surface area contributed by atoms with Gasteiger partial charge in [-0.05, 0) is 56.1 Å². The number of nitrogens with two attached hydrogens (primary N) is 1. The van der Waals surface area contributed by atoms with Crippen LogP contribution in [-0.2, 0) is 0 Å². The smallest absolute Gasteiger partial charge is 0.257 e. The van der Waals surface area contributed by atoms with Gasteiger partial charge in [-0.15, -0.1) is 0 Å². The van der Waals surface area contributed by atoms with Crippen LogP contribution in [-0.4, -0.2) is 25.4 Å². The van der Waals surface area contributed by atoms with Gasteiger partial charge in [0.25, 0.3) is 5.91 Å². The Labute approximate surface area is 190 Å². The molecule has 0 spiro atoms. The number of hydrogen-bond donors (Lipinski definition) is 1. The number of aromatic nitrogens is 4. The van der Waals surface area contributed by atoms with Gasteiger partial charge in [0.15, 0.2) is 17.0 Å². The number of rotatable bonds is 5. The third-order valence-corrected chi connectivity index (χ3v) is 6.28. The summed E-state index contributed by atoms with van der Waals surface area (Å²) in [6.07, 6.45) is 17.1. The lowest BCUT2D eigenvalue weighted by molar-refractivity contribution is 0.0972. The molecule has 168 valence electrons. The summed E-state index contributed by atoms with van der Waals surface area (Å²) in [7, 11) is 0. The van der Waals surface area contributed by atoms with Gasteiger partial charge >= 0.3 is 0 Å². The molecule has 2 aromatic heterocycles. The van der Waals surface area contributed by atoms with E-state index in [4.69, 9.17) is 5.73 Å². The van der Waals surface area contributed by atoms with Crippen molar-refractivity contribution in [3.05, 3.63) is 71.4 Å². The monoisotopic (exact) mass is 431 g/mol. The van der Waals surface area contributed by atoms with Gasteiger partial charge in [0.1, 0.15) is 12.7 Å². The van der Waals surface area contributed by atoms with Gasteiger partial charge in [-0.1, -0.05) is 62.3 Å².